The van der Waals surface area contributed by atoms with E-state index in [1.807, 2.05) is 60.7 Å². The van der Waals surface area contributed by atoms with E-state index < -0.39 is 24.4 Å². The van der Waals surface area contributed by atoms with Crippen LogP contribution in [0.2, 0.25) is 0 Å². The van der Waals surface area contributed by atoms with Gasteiger partial charge in [0.25, 0.3) is 0 Å². The first-order valence-corrected chi connectivity index (χ1v) is 9.60. The third kappa shape index (κ3) is 3.95. The molecule has 2 N–H and O–H groups in total. The lowest BCUT2D eigenvalue weighted by atomic mass is 9.94. The van der Waals surface area contributed by atoms with Crippen LogP contribution in [-0.2, 0) is 27.5 Å². The monoisotopic (exact) mass is 383 g/mol. The van der Waals surface area contributed by atoms with Gasteiger partial charge in [0.05, 0.1) is 38.3 Å². The first-order valence-electron chi connectivity index (χ1n) is 9.60. The van der Waals surface area contributed by atoms with E-state index in [0.29, 0.717) is 19.8 Å². The summed E-state index contributed by atoms with van der Waals surface area (Å²) in [6.45, 7) is 1.09. The maximum absolute atomic E-state index is 12.4. The van der Waals surface area contributed by atoms with Gasteiger partial charge in [-0.1, -0.05) is 60.7 Å². The Hall–Kier alpha value is -2.25. The third-order valence-electron chi connectivity index (χ3n) is 5.48. The van der Waals surface area contributed by atoms with Gasteiger partial charge in [0.2, 0.25) is 5.91 Å². The Morgan fingerprint density at radius 2 is 1.46 bits per heavy atom. The molecule has 6 heteroatoms. The highest BCUT2D eigenvalue weighted by Crippen LogP contribution is 2.33. The Labute approximate surface area is 164 Å². The molecule has 0 aromatic heterocycles. The molecule has 2 heterocycles. The molecule has 28 heavy (non-hydrogen) atoms. The first-order chi connectivity index (χ1) is 13.6. The van der Waals surface area contributed by atoms with Gasteiger partial charge in [-0.3, -0.25) is 4.79 Å². The van der Waals surface area contributed by atoms with Crippen molar-refractivity contribution in [3.63, 3.8) is 0 Å². The molecule has 2 aliphatic heterocycles. The summed E-state index contributed by atoms with van der Waals surface area (Å²) in [5.74, 6) is -0.179. The van der Waals surface area contributed by atoms with Crippen LogP contribution in [0.1, 0.15) is 17.5 Å². The highest BCUT2D eigenvalue weighted by molar-refractivity contribution is 5.79. The molecule has 6 nitrogen and oxygen atoms in total. The predicted molar refractivity (Wildman–Crippen MR) is 102 cm³/mol. The zero-order valence-electron chi connectivity index (χ0n) is 15.6. The van der Waals surface area contributed by atoms with Crippen molar-refractivity contribution in [2.24, 2.45) is 0 Å². The van der Waals surface area contributed by atoms with Crippen LogP contribution in [0.3, 0.4) is 0 Å². The second kappa shape index (κ2) is 8.41. The molecular formula is C22H25NO5. The molecule has 2 saturated heterocycles. The Morgan fingerprint density at radius 3 is 2.07 bits per heavy atom. The fraction of sp³-hybridized carbons (Fsp3) is 0.409. The lowest BCUT2D eigenvalue weighted by Crippen LogP contribution is -2.58. The molecule has 5 atom stereocenters. The number of aliphatic hydroxyl groups is 2. The average Bonchev–Trinajstić information content (AvgIpc) is 3.10. The zero-order chi connectivity index (χ0) is 19.5. The number of aliphatic hydroxyl groups excluding tert-OH is 2. The van der Waals surface area contributed by atoms with Crippen molar-refractivity contribution < 1.29 is 24.5 Å². The van der Waals surface area contributed by atoms with Gasteiger partial charge in [0.15, 0.2) is 0 Å². The highest BCUT2D eigenvalue weighted by atomic mass is 16.5. The number of carbonyl (C=O) groups is 1. The number of rotatable bonds is 6. The standard InChI is InChI=1S/C22H25NO5/c24-17-11-19(25)23-12-18(27-13-15-7-3-1-4-8-15)22(20(23)21(17)26)28-14-16-9-5-2-6-10-16/h1-10,17-18,20-22,24,26H,11-14H2/t17-,18-,20+,21-,22+/m0/s1. The number of fused-ring (bicyclic) bond motifs is 1. The molecule has 0 unspecified atom stereocenters. The van der Waals surface area contributed by atoms with Gasteiger partial charge >= 0.3 is 0 Å². The van der Waals surface area contributed by atoms with Crippen molar-refractivity contribution in [1.29, 1.82) is 0 Å². The second-order valence-corrected chi connectivity index (χ2v) is 7.40. The fourth-order valence-electron chi connectivity index (χ4n) is 4.01. The smallest absolute Gasteiger partial charge is 0.225 e. The summed E-state index contributed by atoms with van der Waals surface area (Å²) in [5.41, 5.74) is 2.03. The molecule has 0 bridgehead atoms. The van der Waals surface area contributed by atoms with Crippen molar-refractivity contribution >= 4 is 5.91 Å². The molecule has 2 aromatic rings. The van der Waals surface area contributed by atoms with Gasteiger partial charge in [-0.05, 0) is 11.1 Å². The number of ether oxygens (including phenoxy) is 2. The minimum absolute atomic E-state index is 0.0749. The van der Waals surface area contributed by atoms with Crippen LogP contribution >= 0.6 is 0 Å². The van der Waals surface area contributed by atoms with Gasteiger partial charge in [-0.2, -0.15) is 0 Å². The molecule has 0 spiro atoms. The molecule has 2 fully saturated rings. The molecule has 4 rings (SSSR count). The SMILES string of the molecule is O=C1C[C@H](O)[C@H](O)[C@@H]2[C@H](OCc3ccccc3)[C@@H](OCc3ccccc3)CN12. The Bertz CT molecular complexity index is 784. The van der Waals surface area contributed by atoms with Crippen LogP contribution in [0.15, 0.2) is 60.7 Å². The summed E-state index contributed by atoms with van der Waals surface area (Å²) in [4.78, 5) is 14.0. The second-order valence-electron chi connectivity index (χ2n) is 7.40. The number of hydrogen-bond donors (Lipinski definition) is 2. The summed E-state index contributed by atoms with van der Waals surface area (Å²) >= 11 is 0. The van der Waals surface area contributed by atoms with Crippen molar-refractivity contribution in [1.82, 2.24) is 4.90 Å². The maximum Gasteiger partial charge on any atom is 0.225 e. The maximum atomic E-state index is 12.4. The van der Waals surface area contributed by atoms with Gasteiger partial charge in [-0.15, -0.1) is 0 Å². The van der Waals surface area contributed by atoms with Gasteiger partial charge in [-0.25, -0.2) is 0 Å². The normalized spacial score (nSPS) is 29.7. The largest absolute Gasteiger partial charge is 0.390 e. The van der Waals surface area contributed by atoms with Crippen LogP contribution in [0.25, 0.3) is 0 Å². The van der Waals surface area contributed by atoms with Crippen LogP contribution in [0, 0.1) is 0 Å². The summed E-state index contributed by atoms with van der Waals surface area (Å²) in [7, 11) is 0. The van der Waals surface area contributed by atoms with Crippen molar-refractivity contribution in [2.75, 3.05) is 6.54 Å². The molecule has 0 radical (unpaired) electrons. The summed E-state index contributed by atoms with van der Waals surface area (Å²) in [6.07, 6.45) is -3.10. The quantitative estimate of drug-likeness (QED) is 0.790. The average molecular weight is 383 g/mol. The van der Waals surface area contributed by atoms with E-state index in [2.05, 4.69) is 0 Å². The molecule has 2 aliphatic rings. The molecule has 148 valence electrons. The lowest BCUT2D eigenvalue weighted by molar-refractivity contribution is -0.156. The van der Waals surface area contributed by atoms with Crippen molar-refractivity contribution in [3.8, 4) is 0 Å². The van der Waals surface area contributed by atoms with E-state index in [9.17, 15) is 15.0 Å². The number of nitrogens with zero attached hydrogens (tertiary/aromatic N) is 1. The van der Waals surface area contributed by atoms with E-state index in [4.69, 9.17) is 9.47 Å². The number of benzene rings is 2. The lowest BCUT2D eigenvalue weighted by Gasteiger charge is -2.38. The number of amides is 1. The Morgan fingerprint density at radius 1 is 0.893 bits per heavy atom. The first kappa shape index (κ1) is 19.1. The van der Waals surface area contributed by atoms with E-state index >= 15 is 0 Å². The Balaban J connectivity index is 1.51. The van der Waals surface area contributed by atoms with E-state index in [1.54, 1.807) is 4.90 Å². The molecular weight excluding hydrogens is 358 g/mol. The van der Waals surface area contributed by atoms with E-state index in [0.717, 1.165) is 11.1 Å². The highest BCUT2D eigenvalue weighted by Gasteiger charge is 2.53. The van der Waals surface area contributed by atoms with Crippen LogP contribution in [-0.4, -0.2) is 58.0 Å². The number of piperidine rings is 1. The number of hydrogen-bond acceptors (Lipinski definition) is 5. The topological polar surface area (TPSA) is 79.2 Å². The van der Waals surface area contributed by atoms with Crippen LogP contribution < -0.4 is 0 Å². The van der Waals surface area contributed by atoms with Crippen LogP contribution in [0.4, 0.5) is 0 Å². The summed E-state index contributed by atoms with van der Waals surface area (Å²) in [5, 5.41) is 20.7. The summed E-state index contributed by atoms with van der Waals surface area (Å²) < 4.78 is 12.2. The van der Waals surface area contributed by atoms with E-state index in [1.165, 1.54) is 0 Å². The van der Waals surface area contributed by atoms with Gasteiger partial charge in [0, 0.05) is 0 Å². The number of carbonyl (C=O) groups excluding carboxylic acids is 1. The third-order valence-corrected chi connectivity index (χ3v) is 5.48. The van der Waals surface area contributed by atoms with Crippen molar-refractivity contribution in [2.45, 2.75) is 50.1 Å². The summed E-state index contributed by atoms with van der Waals surface area (Å²) in [6, 6.07) is 18.9. The predicted octanol–water partition coefficient (Wildman–Crippen LogP) is 1.49. The zero-order valence-corrected chi connectivity index (χ0v) is 15.6. The Kier molecular flexibility index (Phi) is 5.73. The fourth-order valence-corrected chi connectivity index (χ4v) is 4.01. The van der Waals surface area contributed by atoms with Crippen LogP contribution in [0.5, 0.6) is 0 Å². The molecule has 2 aromatic carbocycles. The minimum Gasteiger partial charge on any atom is -0.390 e. The molecule has 1 amide bonds. The molecule has 0 aliphatic carbocycles. The minimum atomic E-state index is -1.08. The van der Waals surface area contributed by atoms with E-state index in [-0.39, 0.29) is 18.4 Å². The molecule has 0 saturated carbocycles. The van der Waals surface area contributed by atoms with Crippen molar-refractivity contribution in [3.05, 3.63) is 71.8 Å². The van der Waals surface area contributed by atoms with Gasteiger partial charge < -0.3 is 24.6 Å². The van der Waals surface area contributed by atoms with Gasteiger partial charge in [0.1, 0.15) is 18.3 Å².